The maximum atomic E-state index is 13.1. The lowest BCUT2D eigenvalue weighted by Crippen LogP contribution is -2.36. The van der Waals surface area contributed by atoms with Gasteiger partial charge in [0.15, 0.2) is 0 Å². The molecule has 0 unspecified atom stereocenters. The van der Waals surface area contributed by atoms with Crippen molar-refractivity contribution in [2.24, 2.45) is 0 Å². The summed E-state index contributed by atoms with van der Waals surface area (Å²) in [6.07, 6.45) is 3.85. The van der Waals surface area contributed by atoms with Gasteiger partial charge in [-0.3, -0.25) is 9.88 Å². The van der Waals surface area contributed by atoms with Crippen LogP contribution in [0.3, 0.4) is 0 Å². The van der Waals surface area contributed by atoms with Crippen molar-refractivity contribution in [1.82, 2.24) is 9.88 Å². The maximum absolute atomic E-state index is 13.1. The minimum atomic E-state index is -0.371. The monoisotopic (exact) mass is 416 g/mol. The fourth-order valence-electron chi connectivity index (χ4n) is 3.46. The quantitative estimate of drug-likeness (QED) is 0.623. The van der Waals surface area contributed by atoms with E-state index in [-0.39, 0.29) is 12.1 Å². The van der Waals surface area contributed by atoms with Gasteiger partial charge in [0.2, 0.25) is 0 Å². The van der Waals surface area contributed by atoms with Crippen LogP contribution in [0, 0.1) is 0 Å². The molecule has 1 aliphatic rings. The average Bonchev–Trinajstić information content (AvgIpc) is 3.24. The van der Waals surface area contributed by atoms with Crippen molar-refractivity contribution in [2.45, 2.75) is 13.0 Å². The predicted molar refractivity (Wildman–Crippen MR) is 119 cm³/mol. The second kappa shape index (κ2) is 9.75. The van der Waals surface area contributed by atoms with Crippen molar-refractivity contribution < 1.29 is 14.3 Å². The lowest BCUT2D eigenvalue weighted by molar-refractivity contribution is 0.181. The van der Waals surface area contributed by atoms with Gasteiger partial charge in [0, 0.05) is 36.9 Å². The first-order valence-corrected chi connectivity index (χ1v) is 10.2. The second-order valence-electron chi connectivity index (χ2n) is 7.26. The van der Waals surface area contributed by atoms with Crippen molar-refractivity contribution in [3.8, 4) is 0 Å². The number of nitrogens with zero attached hydrogens (tertiary/aromatic N) is 3. The molecule has 2 heterocycles. The van der Waals surface area contributed by atoms with E-state index >= 15 is 0 Å². The van der Waals surface area contributed by atoms with Crippen LogP contribution in [0.15, 0.2) is 79.1 Å². The molecule has 3 amide bonds. The molecule has 0 aliphatic carbocycles. The largest absolute Gasteiger partial charge is 0.447 e. The maximum Gasteiger partial charge on any atom is 0.414 e. The molecule has 0 spiro atoms. The zero-order chi connectivity index (χ0) is 21.5. The summed E-state index contributed by atoms with van der Waals surface area (Å²) in [5, 5.41) is 2.97. The molecule has 0 atom stereocenters. The molecular weight excluding hydrogens is 392 g/mol. The normalized spacial score (nSPS) is 13.0. The van der Waals surface area contributed by atoms with Gasteiger partial charge in [-0.25, -0.2) is 9.59 Å². The third-order valence-corrected chi connectivity index (χ3v) is 5.07. The van der Waals surface area contributed by atoms with Crippen LogP contribution < -0.4 is 10.2 Å². The Morgan fingerprint density at radius 3 is 2.65 bits per heavy atom. The molecular formula is C24H24N4O3. The van der Waals surface area contributed by atoms with Crippen molar-refractivity contribution in [1.29, 1.82) is 0 Å². The molecule has 31 heavy (non-hydrogen) atoms. The minimum Gasteiger partial charge on any atom is -0.447 e. The van der Waals surface area contributed by atoms with Gasteiger partial charge in [0.05, 0.1) is 6.54 Å². The molecule has 158 valence electrons. The van der Waals surface area contributed by atoms with Gasteiger partial charge in [0.25, 0.3) is 0 Å². The van der Waals surface area contributed by atoms with Gasteiger partial charge in [0.1, 0.15) is 6.61 Å². The van der Waals surface area contributed by atoms with E-state index in [1.165, 1.54) is 5.56 Å². The van der Waals surface area contributed by atoms with Crippen molar-refractivity contribution in [2.75, 3.05) is 29.9 Å². The number of pyridine rings is 1. The zero-order valence-electron chi connectivity index (χ0n) is 17.1. The number of hydrogen-bond donors (Lipinski definition) is 1. The van der Waals surface area contributed by atoms with E-state index in [1.54, 1.807) is 28.3 Å². The first-order chi connectivity index (χ1) is 15.2. The number of urea groups is 1. The summed E-state index contributed by atoms with van der Waals surface area (Å²) in [6.45, 7) is 1.88. The molecule has 7 heteroatoms. The van der Waals surface area contributed by atoms with Crippen LogP contribution in [-0.2, 0) is 17.7 Å². The fraction of sp³-hybridized carbons (Fsp3) is 0.208. The van der Waals surface area contributed by atoms with Gasteiger partial charge in [-0.1, -0.05) is 42.5 Å². The highest BCUT2D eigenvalue weighted by Gasteiger charge is 2.24. The molecule has 0 radical (unpaired) electrons. The van der Waals surface area contributed by atoms with Crippen LogP contribution in [0.25, 0.3) is 0 Å². The van der Waals surface area contributed by atoms with Crippen LogP contribution in [0.4, 0.5) is 21.0 Å². The lowest BCUT2D eigenvalue weighted by atomic mass is 10.1. The van der Waals surface area contributed by atoms with E-state index < -0.39 is 0 Å². The number of hydrogen-bond acceptors (Lipinski definition) is 4. The molecule has 0 saturated carbocycles. The summed E-state index contributed by atoms with van der Waals surface area (Å²) in [6, 6.07) is 20.9. The van der Waals surface area contributed by atoms with E-state index in [4.69, 9.17) is 4.74 Å². The van der Waals surface area contributed by atoms with Gasteiger partial charge in [-0.15, -0.1) is 0 Å². The molecule has 4 rings (SSSR count). The highest BCUT2D eigenvalue weighted by atomic mass is 16.6. The number of aromatic nitrogens is 1. The number of carbonyl (C=O) groups excluding carboxylic acids is 2. The predicted octanol–water partition coefficient (Wildman–Crippen LogP) is 4.32. The Morgan fingerprint density at radius 1 is 1.06 bits per heavy atom. The summed E-state index contributed by atoms with van der Waals surface area (Å²) in [5.41, 5.74) is 3.45. The number of carbonyl (C=O) groups is 2. The van der Waals surface area contributed by atoms with Crippen LogP contribution in [0.5, 0.6) is 0 Å². The minimum absolute atomic E-state index is 0.207. The smallest absolute Gasteiger partial charge is 0.414 e. The Balaban J connectivity index is 1.47. The van der Waals surface area contributed by atoms with E-state index in [0.717, 1.165) is 12.0 Å². The number of amides is 3. The Morgan fingerprint density at radius 2 is 1.90 bits per heavy atom. The van der Waals surface area contributed by atoms with Crippen molar-refractivity contribution in [3.05, 3.63) is 90.3 Å². The average molecular weight is 416 g/mol. The van der Waals surface area contributed by atoms with Gasteiger partial charge >= 0.3 is 12.1 Å². The Hall–Kier alpha value is -3.87. The number of rotatable bonds is 7. The summed E-state index contributed by atoms with van der Waals surface area (Å²) >= 11 is 0. The number of anilines is 2. The van der Waals surface area contributed by atoms with Gasteiger partial charge < -0.3 is 15.0 Å². The molecule has 1 aliphatic heterocycles. The van der Waals surface area contributed by atoms with Crippen LogP contribution in [0.1, 0.15) is 11.1 Å². The SMILES string of the molecule is O=C(Nc1cccc(N2CCOC2=O)c1)N(CCc1ccccc1)Cc1cccnc1. The summed E-state index contributed by atoms with van der Waals surface area (Å²) in [5.74, 6) is 0. The standard InChI is InChI=1S/C24H24N4O3/c29-23(26-21-9-4-10-22(16-21)28-14-15-31-24(28)30)27(18-20-8-5-12-25-17-20)13-11-19-6-2-1-3-7-19/h1-10,12,16-17H,11,13-15,18H2,(H,26,29). The van der Waals surface area contributed by atoms with Crippen LogP contribution in [-0.4, -0.2) is 41.7 Å². The summed E-state index contributed by atoms with van der Waals surface area (Å²) in [7, 11) is 0. The number of nitrogens with one attached hydrogen (secondary N) is 1. The third-order valence-electron chi connectivity index (χ3n) is 5.07. The molecule has 1 saturated heterocycles. The molecule has 1 aromatic heterocycles. The Bertz CT molecular complexity index is 1030. The Kier molecular flexibility index (Phi) is 6.42. The van der Waals surface area contributed by atoms with E-state index in [0.29, 0.717) is 37.6 Å². The zero-order valence-corrected chi connectivity index (χ0v) is 17.1. The van der Waals surface area contributed by atoms with Gasteiger partial charge in [-0.2, -0.15) is 0 Å². The molecule has 1 fully saturated rings. The van der Waals surface area contributed by atoms with Crippen LogP contribution in [0.2, 0.25) is 0 Å². The first kappa shape index (κ1) is 20.4. The number of ether oxygens (including phenoxy) is 1. The van der Waals surface area contributed by atoms with E-state index in [2.05, 4.69) is 22.4 Å². The van der Waals surface area contributed by atoms with Crippen molar-refractivity contribution >= 4 is 23.5 Å². The lowest BCUT2D eigenvalue weighted by Gasteiger charge is -2.24. The third kappa shape index (κ3) is 5.39. The molecule has 7 nitrogen and oxygen atoms in total. The number of cyclic esters (lactones) is 1. The van der Waals surface area contributed by atoms with Crippen LogP contribution >= 0.6 is 0 Å². The van der Waals surface area contributed by atoms with E-state index in [1.807, 2.05) is 48.5 Å². The number of benzene rings is 2. The summed E-state index contributed by atoms with van der Waals surface area (Å²) < 4.78 is 5.00. The highest BCUT2D eigenvalue weighted by Crippen LogP contribution is 2.23. The van der Waals surface area contributed by atoms with Gasteiger partial charge in [-0.05, 0) is 41.8 Å². The molecule has 1 N–H and O–H groups in total. The molecule has 2 aromatic carbocycles. The first-order valence-electron chi connectivity index (χ1n) is 10.2. The molecule has 3 aromatic rings. The van der Waals surface area contributed by atoms with E-state index in [9.17, 15) is 9.59 Å². The fourth-order valence-corrected chi connectivity index (χ4v) is 3.46. The van der Waals surface area contributed by atoms with Crippen molar-refractivity contribution in [3.63, 3.8) is 0 Å². The summed E-state index contributed by atoms with van der Waals surface area (Å²) in [4.78, 5) is 32.4. The highest BCUT2D eigenvalue weighted by molar-refractivity contribution is 5.93. The topological polar surface area (TPSA) is 74.8 Å². The Labute approximate surface area is 181 Å². The second-order valence-corrected chi connectivity index (χ2v) is 7.26. The molecule has 0 bridgehead atoms.